The maximum atomic E-state index is 15.3. The van der Waals surface area contributed by atoms with Crippen LogP contribution in [-0.4, -0.2) is 220 Å². The Morgan fingerprint density at radius 3 is 1.49 bits per heavy atom. The number of carbonyl (C=O) groups is 12. The minimum atomic E-state index is -1.93. The van der Waals surface area contributed by atoms with Crippen molar-refractivity contribution in [1.82, 2.24) is 55.7 Å². The molecule has 0 spiro atoms. The van der Waals surface area contributed by atoms with Gasteiger partial charge in [0.25, 0.3) is 11.8 Å². The zero-order chi connectivity index (χ0) is 69.3. The van der Waals surface area contributed by atoms with Crippen molar-refractivity contribution in [3.63, 3.8) is 0 Å². The van der Waals surface area contributed by atoms with Crippen molar-refractivity contribution in [2.75, 3.05) is 60.1 Å². The smallest absolute Gasteiger partial charge is 0.329 e. The van der Waals surface area contributed by atoms with E-state index in [1.807, 2.05) is 0 Å². The third-order valence-electron chi connectivity index (χ3n) is 17.8. The van der Waals surface area contributed by atoms with Crippen LogP contribution >= 0.6 is 0 Å². The number of anilines is 1. The number of nitrogens with one attached hydrogen (secondary N) is 4. The topological polar surface area (TPSA) is 409 Å². The highest BCUT2D eigenvalue weighted by Crippen LogP contribution is 2.38. The summed E-state index contributed by atoms with van der Waals surface area (Å²) < 4.78 is 18.3. The van der Waals surface area contributed by atoms with Crippen molar-refractivity contribution < 1.29 is 71.4 Å². The maximum absolute atomic E-state index is 15.3. The van der Waals surface area contributed by atoms with Crippen LogP contribution in [0.4, 0.5) is 11.4 Å². The molecule has 2 unspecified atom stereocenters. The van der Waals surface area contributed by atoms with Crippen LogP contribution in [0.25, 0.3) is 33.0 Å². The van der Waals surface area contributed by atoms with E-state index in [1.54, 1.807) is 55.4 Å². The van der Waals surface area contributed by atoms with E-state index in [4.69, 9.17) is 24.6 Å². The third kappa shape index (κ3) is 14.3. The number of likely N-dealkylation sites (N-methyl/N-ethyl adjacent to an activating group) is 4. The van der Waals surface area contributed by atoms with Gasteiger partial charge in [0, 0.05) is 63.0 Å². The molecule has 0 aromatic heterocycles. The first-order valence-electron chi connectivity index (χ1n) is 31.1. The van der Waals surface area contributed by atoms with Gasteiger partial charge in [0.2, 0.25) is 52.7 Å². The van der Waals surface area contributed by atoms with E-state index < -0.39 is 208 Å². The van der Waals surface area contributed by atoms with E-state index in [2.05, 4.69) is 31.3 Å². The number of azide groups is 1. The summed E-state index contributed by atoms with van der Waals surface area (Å²) in [5.41, 5.74) is 11.8. The highest BCUT2D eigenvalue weighted by atomic mass is 16.6. The number of nitrogen functional groups attached to an aromatic ring is 1. The number of nitrogens with two attached hydrogens (primary N) is 1. The summed E-state index contributed by atoms with van der Waals surface area (Å²) in [6, 6.07) is -10.0. The second-order valence-corrected chi connectivity index (χ2v) is 25.9. The first kappa shape index (κ1) is 71.0. The first-order valence-corrected chi connectivity index (χ1v) is 31.1. The zero-order valence-corrected chi connectivity index (χ0v) is 55.4. The summed E-state index contributed by atoms with van der Waals surface area (Å²) in [5.74, 6) is -13.2. The Bertz CT molecular complexity index is 3620. The average molecular weight is 1300 g/mol. The highest BCUT2D eigenvalue weighted by Gasteiger charge is 2.47. The number of carbonyl (C=O) groups excluding carboxylic acids is 12. The summed E-state index contributed by atoms with van der Waals surface area (Å²) in [5, 5.41) is 14.3. The molecule has 5 heterocycles. The van der Waals surface area contributed by atoms with E-state index in [0.29, 0.717) is 12.8 Å². The van der Waals surface area contributed by atoms with E-state index in [0.717, 1.165) is 15.9 Å². The van der Waals surface area contributed by atoms with Crippen LogP contribution in [-0.2, 0) is 57.4 Å². The Kier molecular flexibility index (Phi) is 21.9. The van der Waals surface area contributed by atoms with Gasteiger partial charge in [-0.05, 0) is 88.6 Å². The van der Waals surface area contributed by atoms with Crippen LogP contribution in [0, 0.1) is 37.5 Å². The van der Waals surface area contributed by atoms with E-state index in [9.17, 15) is 58.3 Å². The molecule has 1 aromatic rings. The predicted octanol–water partition coefficient (Wildman–Crippen LogP) is 1.67. The van der Waals surface area contributed by atoms with Crippen LogP contribution in [0.1, 0.15) is 127 Å². The van der Waals surface area contributed by atoms with Gasteiger partial charge in [-0.25, -0.2) is 14.6 Å². The number of rotatable bonds is 9. The summed E-state index contributed by atoms with van der Waals surface area (Å²) in [7, 11) is 5.51. The molecule has 504 valence electrons. The average Bonchev–Trinajstić information content (AvgIpc) is 1.16. The van der Waals surface area contributed by atoms with Crippen molar-refractivity contribution in [2.45, 2.75) is 169 Å². The van der Waals surface area contributed by atoms with Gasteiger partial charge < -0.3 is 70.3 Å². The number of fused-ring (bicyclic) bond motifs is 4. The standard InChI is InChI=1S/C62H85N15O16/c1-26(2)42-59(87)76-21-17-19-36(76)57(85)72(13)24-38(78)74(15)48(28(5)6)61(89)91-32(11)44(55(83)66-42)68-53(81)34-23-35(70-71-64)30(9)51-46(34)65-47-40(41(63)50(80)31(10)52(47)93-51)54(82)69-45-33(12)92-62(90)49(29(7)8)75(16)39(79)25-73(14)58(86)37-20-18-22-77(37)60(88)43(27(3)4)67-56(45)84/h23,26-29,32-33,36-37,42-45,48-49H,17-22,24-25,63H2,1-16H3,(H,66,83)(H,67,84)(H,68,81)(H,69,82)/t32?,33?,36-,37-,42+,43+,44+,45+,48-,49-/m0/s1. The number of benzene rings is 2. The Morgan fingerprint density at radius 2 is 1.09 bits per heavy atom. The van der Waals surface area contributed by atoms with Gasteiger partial charge >= 0.3 is 11.9 Å². The zero-order valence-electron chi connectivity index (χ0n) is 55.4. The second kappa shape index (κ2) is 28.6. The van der Waals surface area contributed by atoms with Gasteiger partial charge in [0.05, 0.1) is 29.9 Å². The summed E-state index contributed by atoms with van der Waals surface area (Å²) in [4.78, 5) is 203. The molecule has 0 bridgehead atoms. The van der Waals surface area contributed by atoms with Gasteiger partial charge in [0.1, 0.15) is 71.8 Å². The van der Waals surface area contributed by atoms with Gasteiger partial charge in [-0.2, -0.15) is 0 Å². The maximum Gasteiger partial charge on any atom is 0.329 e. The fraction of sp³-hybridized carbons (Fsp3) is 0.613. The molecule has 31 nitrogen and oxygen atoms in total. The van der Waals surface area contributed by atoms with Gasteiger partial charge in [-0.1, -0.05) is 60.5 Å². The van der Waals surface area contributed by atoms with E-state index in [1.165, 1.54) is 75.5 Å². The molecular formula is C62H85N15O16. The highest BCUT2D eigenvalue weighted by molar-refractivity contribution is 6.11. The number of aryl methyl sites for hydroxylation is 1. The summed E-state index contributed by atoms with van der Waals surface area (Å²) in [6.45, 7) is 17.8. The van der Waals surface area contributed by atoms with Crippen LogP contribution < -0.4 is 32.4 Å². The number of esters is 2. The normalized spacial score (nSPS) is 25.6. The minimum absolute atomic E-state index is 0.0473. The lowest BCUT2D eigenvalue weighted by Crippen LogP contribution is -2.61. The summed E-state index contributed by atoms with van der Waals surface area (Å²) >= 11 is 0. The number of cyclic esters (lactones) is 2. The van der Waals surface area contributed by atoms with Crippen molar-refractivity contribution in [2.24, 2.45) is 28.8 Å². The van der Waals surface area contributed by atoms with Crippen LogP contribution in [0.15, 0.2) is 20.4 Å². The Morgan fingerprint density at radius 1 is 0.656 bits per heavy atom. The molecular weight excluding hydrogens is 1210 g/mol. The number of aromatic nitrogens is 1. The van der Waals surface area contributed by atoms with Crippen LogP contribution in [0.3, 0.4) is 0 Å². The van der Waals surface area contributed by atoms with Gasteiger partial charge in [-0.3, -0.25) is 52.7 Å². The van der Waals surface area contributed by atoms with Crippen molar-refractivity contribution in [3.8, 4) is 11.5 Å². The molecule has 5 aliphatic heterocycles. The number of ether oxygens (including phenoxy) is 2. The lowest BCUT2D eigenvalue weighted by molar-refractivity contribution is -0.163. The van der Waals surface area contributed by atoms with Gasteiger partial charge in [-0.15, -0.1) is 0 Å². The predicted molar refractivity (Wildman–Crippen MR) is 334 cm³/mol. The monoisotopic (exact) mass is 1300 g/mol. The second-order valence-electron chi connectivity index (χ2n) is 25.9. The molecule has 0 radical (unpaired) electrons. The Hall–Kier alpha value is -9.41. The fourth-order valence-electron chi connectivity index (χ4n) is 12.5. The molecule has 10 atom stereocenters. The minimum Gasteiger partial charge on any atom is -0.458 e. The molecule has 6 N–H and O–H groups in total. The molecule has 4 fully saturated rings. The molecule has 6 aliphatic rings. The molecule has 4 saturated heterocycles. The van der Waals surface area contributed by atoms with Crippen molar-refractivity contribution >= 4 is 93.5 Å². The van der Waals surface area contributed by atoms with E-state index in [-0.39, 0.29) is 48.3 Å². The summed E-state index contributed by atoms with van der Waals surface area (Å²) in [6.07, 6.45) is -1.88. The number of hydrogen-bond donors (Lipinski definition) is 5. The third-order valence-corrected chi connectivity index (χ3v) is 17.8. The fourth-order valence-corrected chi connectivity index (χ4v) is 12.5. The van der Waals surface area contributed by atoms with E-state index >= 15 is 9.59 Å². The molecule has 93 heavy (non-hydrogen) atoms. The van der Waals surface area contributed by atoms with Crippen LogP contribution in [0.5, 0.6) is 0 Å². The molecule has 0 saturated carbocycles. The Labute approximate surface area is 537 Å². The SMILES string of the molecule is Cc1c2oc3c(C)c(N=[N+]=[N-])cc(C(=O)N[C@H]4C(=O)N[C@H](C(C)C)C(=O)N5CCC[C@H]5C(=O)N(C)CC(=O)N(C)[C@@H](C(C)C)C(=O)OC4C)c3nc-2c(C(=O)N[C@H]2C(=O)N[C@H](C(C)C)C(=O)N3CCC[C@H]3C(=O)N(C)CC(=O)N(C)[C@@H](C(C)C)C(=O)OC2C)c(N)c1=O. The largest absolute Gasteiger partial charge is 0.458 e. The number of nitrogens with zero attached hydrogens (tertiary/aromatic N) is 10. The number of amides is 10. The lowest BCUT2D eigenvalue weighted by Gasteiger charge is -2.36. The number of hydrogen-bond acceptors (Lipinski definition) is 19. The lowest BCUT2D eigenvalue weighted by atomic mass is 9.98. The quantitative estimate of drug-likeness (QED) is 0.0508. The Balaban J connectivity index is 1.37. The van der Waals surface area contributed by atoms with Gasteiger partial charge in [0.15, 0.2) is 11.3 Å². The van der Waals surface area contributed by atoms with Crippen molar-refractivity contribution in [1.29, 1.82) is 0 Å². The van der Waals surface area contributed by atoms with Crippen molar-refractivity contribution in [3.05, 3.63) is 49.0 Å². The first-order chi connectivity index (χ1) is 43.6. The molecule has 1 aromatic carbocycles. The molecule has 7 rings (SSSR count). The van der Waals surface area contributed by atoms with Crippen LogP contribution in [0.2, 0.25) is 0 Å². The molecule has 1 aliphatic carbocycles. The molecule has 31 heteroatoms. The molecule has 10 amide bonds.